The van der Waals surface area contributed by atoms with Gasteiger partial charge in [0.2, 0.25) is 12.7 Å². The fraction of sp³-hybridized carbons (Fsp3) is 0.182. The zero-order valence-electron chi connectivity index (χ0n) is 9.06. The molecule has 1 aromatic heterocycles. The highest BCUT2D eigenvalue weighted by Crippen LogP contribution is 2.36. The second-order valence-electron chi connectivity index (χ2n) is 3.77. The summed E-state index contributed by atoms with van der Waals surface area (Å²) in [6, 6.07) is 5.09. The van der Waals surface area contributed by atoms with Gasteiger partial charge in [-0.15, -0.1) is 0 Å². The third-order valence-electron chi connectivity index (χ3n) is 2.70. The van der Waals surface area contributed by atoms with Crippen molar-refractivity contribution < 1.29 is 14.6 Å². The maximum absolute atomic E-state index is 11.7. The molecule has 88 valence electrons. The molecule has 0 atom stereocenters. The van der Waals surface area contributed by atoms with E-state index in [2.05, 4.69) is 5.10 Å². The van der Waals surface area contributed by atoms with Gasteiger partial charge in [0.15, 0.2) is 11.5 Å². The number of rotatable bonds is 1. The second-order valence-corrected chi connectivity index (χ2v) is 3.77. The summed E-state index contributed by atoms with van der Waals surface area (Å²) >= 11 is 0. The van der Waals surface area contributed by atoms with Crippen LogP contribution in [0.4, 0.5) is 0 Å². The standard InChI is InChI=1S/C11H10N2O4/c1-13-11(15)9(10(14)12-13)6-2-3-7-8(4-6)17-5-16-7/h2-4,15H,5H2,1H3,(H,12,14). The quantitative estimate of drug-likeness (QED) is 0.765. The van der Waals surface area contributed by atoms with Crippen LogP contribution in [-0.4, -0.2) is 21.7 Å². The van der Waals surface area contributed by atoms with E-state index in [4.69, 9.17) is 9.47 Å². The first-order valence-electron chi connectivity index (χ1n) is 5.05. The lowest BCUT2D eigenvalue weighted by Gasteiger charge is -2.01. The van der Waals surface area contributed by atoms with Crippen LogP contribution in [-0.2, 0) is 7.05 Å². The Balaban J connectivity index is 2.19. The molecule has 1 aliphatic heterocycles. The van der Waals surface area contributed by atoms with Crippen LogP contribution in [0.5, 0.6) is 17.4 Å². The van der Waals surface area contributed by atoms with Crippen molar-refractivity contribution in [2.45, 2.75) is 0 Å². The molecular weight excluding hydrogens is 224 g/mol. The molecule has 6 nitrogen and oxygen atoms in total. The number of ether oxygens (including phenoxy) is 2. The van der Waals surface area contributed by atoms with Crippen LogP contribution < -0.4 is 15.0 Å². The van der Waals surface area contributed by atoms with Crippen molar-refractivity contribution in [1.82, 2.24) is 9.78 Å². The first-order valence-corrected chi connectivity index (χ1v) is 5.05. The van der Waals surface area contributed by atoms with E-state index >= 15 is 0 Å². The van der Waals surface area contributed by atoms with E-state index in [0.717, 1.165) is 0 Å². The Hall–Kier alpha value is -2.37. The van der Waals surface area contributed by atoms with Crippen molar-refractivity contribution in [3.8, 4) is 28.5 Å². The number of aromatic hydroxyl groups is 1. The van der Waals surface area contributed by atoms with Crippen molar-refractivity contribution in [1.29, 1.82) is 0 Å². The SMILES string of the molecule is Cn1[nH]c(=O)c(-c2ccc3c(c2)OCO3)c1O. The van der Waals surface area contributed by atoms with Gasteiger partial charge in [-0.05, 0) is 17.7 Å². The van der Waals surface area contributed by atoms with E-state index in [9.17, 15) is 9.90 Å². The molecule has 2 N–H and O–H groups in total. The number of fused-ring (bicyclic) bond motifs is 1. The Kier molecular flexibility index (Phi) is 1.91. The lowest BCUT2D eigenvalue weighted by atomic mass is 10.1. The van der Waals surface area contributed by atoms with Gasteiger partial charge in [-0.1, -0.05) is 6.07 Å². The summed E-state index contributed by atoms with van der Waals surface area (Å²) in [7, 11) is 1.56. The summed E-state index contributed by atoms with van der Waals surface area (Å²) < 4.78 is 11.7. The molecule has 0 bridgehead atoms. The van der Waals surface area contributed by atoms with Crippen molar-refractivity contribution in [3.05, 3.63) is 28.6 Å². The summed E-state index contributed by atoms with van der Waals surface area (Å²) in [5, 5.41) is 12.3. The molecule has 2 heterocycles. The maximum atomic E-state index is 11.7. The van der Waals surface area contributed by atoms with Crippen LogP contribution in [0.15, 0.2) is 23.0 Å². The highest BCUT2D eigenvalue weighted by Gasteiger charge is 2.18. The molecule has 0 saturated carbocycles. The van der Waals surface area contributed by atoms with Gasteiger partial charge in [0.25, 0.3) is 5.56 Å². The van der Waals surface area contributed by atoms with Gasteiger partial charge in [-0.25, -0.2) is 0 Å². The minimum Gasteiger partial charge on any atom is -0.493 e. The lowest BCUT2D eigenvalue weighted by Crippen LogP contribution is -2.03. The number of benzene rings is 1. The molecular formula is C11H10N2O4. The Morgan fingerprint density at radius 3 is 2.82 bits per heavy atom. The molecule has 6 heteroatoms. The fourth-order valence-electron chi connectivity index (χ4n) is 1.84. The Bertz CT molecular complexity index is 641. The number of nitrogens with one attached hydrogen (secondary N) is 1. The highest BCUT2D eigenvalue weighted by molar-refractivity contribution is 5.70. The summed E-state index contributed by atoms with van der Waals surface area (Å²) in [5.41, 5.74) is 0.475. The molecule has 17 heavy (non-hydrogen) atoms. The van der Waals surface area contributed by atoms with Crippen LogP contribution >= 0.6 is 0 Å². The maximum Gasteiger partial charge on any atom is 0.275 e. The van der Waals surface area contributed by atoms with Gasteiger partial charge in [-0.3, -0.25) is 14.6 Å². The van der Waals surface area contributed by atoms with E-state index < -0.39 is 0 Å². The molecule has 0 radical (unpaired) electrons. The summed E-state index contributed by atoms with van der Waals surface area (Å²) in [6.45, 7) is 0.177. The normalized spacial score (nSPS) is 13.0. The molecule has 3 rings (SSSR count). The minimum atomic E-state index is -0.344. The first-order chi connectivity index (χ1) is 8.16. The molecule has 1 aromatic carbocycles. The third-order valence-corrected chi connectivity index (χ3v) is 2.70. The predicted molar refractivity (Wildman–Crippen MR) is 59.3 cm³/mol. The molecule has 0 saturated heterocycles. The third kappa shape index (κ3) is 1.37. The Labute approximate surface area is 96.0 Å². The number of nitrogens with zero attached hydrogens (tertiary/aromatic N) is 1. The van der Waals surface area contributed by atoms with E-state index in [1.54, 1.807) is 25.2 Å². The Morgan fingerprint density at radius 2 is 2.12 bits per heavy atom. The predicted octanol–water partition coefficient (Wildman–Crippen LogP) is 0.815. The summed E-state index contributed by atoms with van der Waals surface area (Å²) in [5.74, 6) is 1.11. The topological polar surface area (TPSA) is 76.5 Å². The smallest absolute Gasteiger partial charge is 0.275 e. The van der Waals surface area contributed by atoms with Crippen LogP contribution in [0, 0.1) is 0 Å². The van der Waals surface area contributed by atoms with Crippen molar-refractivity contribution in [2.75, 3.05) is 6.79 Å². The number of H-pyrrole nitrogens is 1. The van der Waals surface area contributed by atoms with Gasteiger partial charge in [0, 0.05) is 7.05 Å². The second kappa shape index (κ2) is 3.31. The van der Waals surface area contributed by atoms with Gasteiger partial charge in [-0.2, -0.15) is 0 Å². The van der Waals surface area contributed by atoms with Gasteiger partial charge in [0.05, 0.1) is 0 Å². The largest absolute Gasteiger partial charge is 0.493 e. The van der Waals surface area contributed by atoms with Crippen LogP contribution in [0.1, 0.15) is 0 Å². The van der Waals surface area contributed by atoms with Crippen LogP contribution in [0.3, 0.4) is 0 Å². The Morgan fingerprint density at radius 1 is 1.35 bits per heavy atom. The molecule has 1 aliphatic rings. The number of aromatic nitrogens is 2. The van der Waals surface area contributed by atoms with Gasteiger partial charge < -0.3 is 14.6 Å². The number of aromatic amines is 1. The van der Waals surface area contributed by atoms with Crippen LogP contribution in [0.2, 0.25) is 0 Å². The minimum absolute atomic E-state index is 0.103. The highest BCUT2D eigenvalue weighted by atomic mass is 16.7. The van der Waals surface area contributed by atoms with E-state index in [1.165, 1.54) is 4.68 Å². The van der Waals surface area contributed by atoms with Crippen molar-refractivity contribution in [3.63, 3.8) is 0 Å². The summed E-state index contributed by atoms with van der Waals surface area (Å²) in [6.07, 6.45) is 0. The monoisotopic (exact) mass is 234 g/mol. The number of hydrogen-bond donors (Lipinski definition) is 2. The molecule has 0 aliphatic carbocycles. The van der Waals surface area contributed by atoms with E-state index in [-0.39, 0.29) is 23.8 Å². The zero-order chi connectivity index (χ0) is 12.0. The first kappa shape index (κ1) is 9.83. The van der Waals surface area contributed by atoms with Crippen molar-refractivity contribution in [2.24, 2.45) is 7.05 Å². The average Bonchev–Trinajstić information content (AvgIpc) is 2.84. The van der Waals surface area contributed by atoms with Gasteiger partial charge >= 0.3 is 0 Å². The van der Waals surface area contributed by atoms with Gasteiger partial charge in [0.1, 0.15) is 5.56 Å². The molecule has 2 aromatic rings. The van der Waals surface area contributed by atoms with Crippen LogP contribution in [0.25, 0.3) is 11.1 Å². The molecule has 0 fully saturated rings. The fourth-order valence-corrected chi connectivity index (χ4v) is 1.84. The molecule has 0 unspecified atom stereocenters. The summed E-state index contributed by atoms with van der Waals surface area (Å²) in [4.78, 5) is 11.7. The molecule has 0 amide bonds. The zero-order valence-corrected chi connectivity index (χ0v) is 9.06. The van der Waals surface area contributed by atoms with E-state index in [0.29, 0.717) is 17.1 Å². The lowest BCUT2D eigenvalue weighted by molar-refractivity contribution is 0.174. The molecule has 0 spiro atoms. The average molecular weight is 234 g/mol. The van der Waals surface area contributed by atoms with Crippen molar-refractivity contribution >= 4 is 0 Å². The number of hydrogen-bond acceptors (Lipinski definition) is 4. The van der Waals surface area contributed by atoms with E-state index in [1.807, 2.05) is 0 Å². The number of aryl methyl sites for hydroxylation is 1.